The van der Waals surface area contributed by atoms with E-state index in [2.05, 4.69) is 5.32 Å². The molecule has 0 fully saturated rings. The van der Waals surface area contributed by atoms with Crippen molar-refractivity contribution in [1.82, 2.24) is 4.90 Å². The Hall–Kier alpha value is -2.04. The summed E-state index contributed by atoms with van der Waals surface area (Å²) in [5, 5.41) is 3.34. The van der Waals surface area contributed by atoms with Gasteiger partial charge in [0.05, 0.1) is 17.3 Å². The molecule has 0 spiro atoms. The molecule has 1 N–H and O–H groups in total. The number of nitrogens with one attached hydrogen (secondary N) is 1. The molecule has 0 saturated carbocycles. The van der Waals surface area contributed by atoms with Gasteiger partial charge in [0, 0.05) is 6.54 Å². The second-order valence-corrected chi connectivity index (χ2v) is 5.84. The fourth-order valence-corrected chi connectivity index (χ4v) is 2.28. The maximum Gasteiger partial charge on any atom is 0.238 e. The molecule has 2 aromatic carbocycles. The molecule has 2 rings (SSSR count). The Bertz CT molecular complexity index is 661. The Morgan fingerprint density at radius 3 is 2.74 bits per heavy atom. The van der Waals surface area contributed by atoms with Crippen molar-refractivity contribution in [3.63, 3.8) is 0 Å². The van der Waals surface area contributed by atoms with Crippen LogP contribution in [-0.2, 0) is 4.79 Å². The van der Waals surface area contributed by atoms with Crippen molar-refractivity contribution in [2.45, 2.75) is 6.92 Å². The number of carbonyl (C=O) groups excluding carboxylic acids is 1. The van der Waals surface area contributed by atoms with Gasteiger partial charge in [0.2, 0.25) is 5.91 Å². The van der Waals surface area contributed by atoms with E-state index < -0.39 is 0 Å². The predicted molar refractivity (Wildman–Crippen MR) is 94.3 cm³/mol. The van der Waals surface area contributed by atoms with Gasteiger partial charge >= 0.3 is 0 Å². The average Bonchev–Trinajstić information content (AvgIpc) is 2.49. The van der Waals surface area contributed by atoms with Crippen LogP contribution < -0.4 is 10.1 Å². The molecule has 0 aromatic heterocycles. The van der Waals surface area contributed by atoms with Crippen LogP contribution in [0.25, 0.3) is 0 Å². The van der Waals surface area contributed by atoms with Gasteiger partial charge in [0.1, 0.15) is 12.4 Å². The molecule has 0 bridgehead atoms. The lowest BCUT2D eigenvalue weighted by Gasteiger charge is -2.17. The summed E-state index contributed by atoms with van der Waals surface area (Å²) in [4.78, 5) is 13.9. The zero-order valence-electron chi connectivity index (χ0n) is 13.4. The maximum absolute atomic E-state index is 12.0. The van der Waals surface area contributed by atoms with Crippen LogP contribution in [0.4, 0.5) is 5.69 Å². The number of hydrogen-bond donors (Lipinski definition) is 1. The van der Waals surface area contributed by atoms with Gasteiger partial charge in [-0.15, -0.1) is 0 Å². The number of likely N-dealkylation sites (N-methyl/N-ethyl adjacent to an activating group) is 1. The van der Waals surface area contributed by atoms with E-state index in [0.29, 0.717) is 23.9 Å². The van der Waals surface area contributed by atoms with Gasteiger partial charge < -0.3 is 10.1 Å². The van der Waals surface area contributed by atoms with Gasteiger partial charge in [-0.05, 0) is 43.8 Å². The molecular formula is C18H21ClN2O2. The number of ether oxygens (including phenoxy) is 1. The fourth-order valence-electron chi connectivity index (χ4n) is 2.10. The molecule has 4 nitrogen and oxygen atoms in total. The minimum absolute atomic E-state index is 0.101. The second kappa shape index (κ2) is 8.56. The first-order chi connectivity index (χ1) is 11.0. The number of para-hydroxylation sites is 1. The largest absolute Gasteiger partial charge is 0.492 e. The molecule has 0 saturated heterocycles. The van der Waals surface area contributed by atoms with Gasteiger partial charge in [0.15, 0.2) is 0 Å². The molecule has 23 heavy (non-hydrogen) atoms. The van der Waals surface area contributed by atoms with Gasteiger partial charge in [-0.25, -0.2) is 0 Å². The topological polar surface area (TPSA) is 41.6 Å². The third-order valence-corrected chi connectivity index (χ3v) is 3.62. The Balaban J connectivity index is 1.73. The van der Waals surface area contributed by atoms with E-state index in [1.807, 2.05) is 55.3 Å². The smallest absolute Gasteiger partial charge is 0.238 e. The van der Waals surface area contributed by atoms with Crippen LogP contribution in [-0.4, -0.2) is 37.6 Å². The minimum atomic E-state index is -0.101. The molecule has 0 aliphatic carbocycles. The summed E-state index contributed by atoms with van der Waals surface area (Å²) in [5.74, 6) is 0.745. The quantitative estimate of drug-likeness (QED) is 0.842. The van der Waals surface area contributed by atoms with Crippen LogP contribution in [0, 0.1) is 6.92 Å². The first-order valence-electron chi connectivity index (χ1n) is 7.47. The van der Waals surface area contributed by atoms with Gasteiger partial charge in [-0.1, -0.05) is 35.9 Å². The molecule has 0 radical (unpaired) electrons. The highest BCUT2D eigenvalue weighted by Crippen LogP contribution is 2.20. The van der Waals surface area contributed by atoms with E-state index >= 15 is 0 Å². The van der Waals surface area contributed by atoms with E-state index in [1.165, 1.54) is 0 Å². The summed E-state index contributed by atoms with van der Waals surface area (Å²) in [5.41, 5.74) is 1.79. The van der Waals surface area contributed by atoms with E-state index in [9.17, 15) is 4.79 Å². The normalized spacial score (nSPS) is 10.6. The number of nitrogens with zero attached hydrogens (tertiary/aromatic N) is 1. The maximum atomic E-state index is 12.0. The third-order valence-electron chi connectivity index (χ3n) is 3.29. The van der Waals surface area contributed by atoms with E-state index in [1.54, 1.807) is 12.1 Å². The highest BCUT2D eigenvalue weighted by atomic mass is 35.5. The predicted octanol–water partition coefficient (Wildman–Crippen LogP) is 3.60. The van der Waals surface area contributed by atoms with Crippen LogP contribution in [0.2, 0.25) is 5.02 Å². The number of rotatable bonds is 7. The Labute approximate surface area is 142 Å². The molecular weight excluding hydrogens is 312 g/mol. The van der Waals surface area contributed by atoms with Crippen LogP contribution in [0.1, 0.15) is 5.56 Å². The molecule has 1 amide bonds. The second-order valence-electron chi connectivity index (χ2n) is 5.43. The summed E-state index contributed by atoms with van der Waals surface area (Å²) < 4.78 is 5.68. The highest BCUT2D eigenvalue weighted by molar-refractivity contribution is 6.33. The monoisotopic (exact) mass is 332 g/mol. The molecule has 122 valence electrons. The number of carbonyl (C=O) groups is 1. The molecule has 0 aliphatic heterocycles. The SMILES string of the molecule is Cc1cccc(OCCN(C)CC(=O)Nc2ccccc2Cl)c1. The summed E-state index contributed by atoms with van der Waals surface area (Å²) in [6, 6.07) is 15.1. The molecule has 0 unspecified atom stereocenters. The van der Waals surface area contributed by atoms with Crippen LogP contribution in [0.5, 0.6) is 5.75 Å². The lowest BCUT2D eigenvalue weighted by atomic mass is 10.2. The van der Waals surface area contributed by atoms with Crippen molar-refractivity contribution >= 4 is 23.2 Å². The van der Waals surface area contributed by atoms with Crippen molar-refractivity contribution < 1.29 is 9.53 Å². The van der Waals surface area contributed by atoms with Crippen molar-refractivity contribution in [3.8, 4) is 5.75 Å². The summed E-state index contributed by atoms with van der Waals surface area (Å²) in [6.45, 7) is 3.49. The van der Waals surface area contributed by atoms with Gasteiger partial charge in [0.25, 0.3) is 0 Å². The van der Waals surface area contributed by atoms with Crippen molar-refractivity contribution in [1.29, 1.82) is 0 Å². The Kier molecular flexibility index (Phi) is 6.44. The fraction of sp³-hybridized carbons (Fsp3) is 0.278. The first-order valence-corrected chi connectivity index (χ1v) is 7.85. The van der Waals surface area contributed by atoms with Gasteiger partial charge in [-0.3, -0.25) is 9.69 Å². The number of benzene rings is 2. The van der Waals surface area contributed by atoms with Crippen molar-refractivity contribution in [2.75, 3.05) is 32.1 Å². The highest BCUT2D eigenvalue weighted by Gasteiger charge is 2.08. The lowest BCUT2D eigenvalue weighted by molar-refractivity contribution is -0.117. The third kappa shape index (κ3) is 5.93. The Morgan fingerprint density at radius 1 is 1.22 bits per heavy atom. The number of anilines is 1. The standard InChI is InChI=1S/C18H21ClN2O2/c1-14-6-5-7-15(12-14)23-11-10-21(2)13-18(22)20-17-9-4-3-8-16(17)19/h3-9,12H,10-11,13H2,1-2H3,(H,20,22). The van der Waals surface area contributed by atoms with Crippen molar-refractivity contribution in [2.24, 2.45) is 0 Å². The van der Waals surface area contributed by atoms with E-state index in [0.717, 1.165) is 11.3 Å². The summed E-state index contributed by atoms with van der Waals surface area (Å²) >= 11 is 6.02. The number of halogens is 1. The number of amides is 1. The summed E-state index contributed by atoms with van der Waals surface area (Å²) in [7, 11) is 1.88. The van der Waals surface area contributed by atoms with Crippen LogP contribution >= 0.6 is 11.6 Å². The number of aryl methyl sites for hydroxylation is 1. The van der Waals surface area contributed by atoms with Crippen molar-refractivity contribution in [3.05, 3.63) is 59.1 Å². The molecule has 0 aliphatic rings. The first kappa shape index (κ1) is 17.3. The van der Waals surface area contributed by atoms with E-state index in [4.69, 9.17) is 16.3 Å². The Morgan fingerprint density at radius 2 is 2.00 bits per heavy atom. The summed E-state index contributed by atoms with van der Waals surface area (Å²) in [6.07, 6.45) is 0. The minimum Gasteiger partial charge on any atom is -0.492 e. The zero-order chi connectivity index (χ0) is 16.7. The molecule has 0 heterocycles. The van der Waals surface area contributed by atoms with E-state index in [-0.39, 0.29) is 12.5 Å². The van der Waals surface area contributed by atoms with Crippen LogP contribution in [0.3, 0.4) is 0 Å². The lowest BCUT2D eigenvalue weighted by Crippen LogP contribution is -2.33. The molecule has 2 aromatic rings. The number of hydrogen-bond acceptors (Lipinski definition) is 3. The molecule has 0 atom stereocenters. The average molecular weight is 333 g/mol. The van der Waals surface area contributed by atoms with Crippen LogP contribution in [0.15, 0.2) is 48.5 Å². The molecule has 5 heteroatoms. The zero-order valence-corrected chi connectivity index (χ0v) is 14.1. The van der Waals surface area contributed by atoms with Gasteiger partial charge in [-0.2, -0.15) is 0 Å².